The molecule has 2 aromatic rings. The summed E-state index contributed by atoms with van der Waals surface area (Å²) in [6.45, 7) is 0.873. The number of furan rings is 1. The van der Waals surface area contributed by atoms with Crippen LogP contribution in [0.15, 0.2) is 28.9 Å². The van der Waals surface area contributed by atoms with Gasteiger partial charge in [0.1, 0.15) is 5.58 Å². The van der Waals surface area contributed by atoms with Gasteiger partial charge in [-0.05, 0) is 31.0 Å². The number of nitrogens with one attached hydrogen (secondary N) is 1. The van der Waals surface area contributed by atoms with E-state index in [4.69, 9.17) is 16.0 Å². The predicted molar refractivity (Wildman–Crippen MR) is 65.7 cm³/mol. The van der Waals surface area contributed by atoms with Crippen molar-refractivity contribution in [1.82, 2.24) is 5.32 Å². The van der Waals surface area contributed by atoms with Gasteiger partial charge in [-0.3, -0.25) is 0 Å². The van der Waals surface area contributed by atoms with E-state index in [0.29, 0.717) is 6.04 Å². The Labute approximate surface area is 99.6 Å². The highest BCUT2D eigenvalue weighted by atomic mass is 35.5. The van der Waals surface area contributed by atoms with Crippen molar-refractivity contribution >= 4 is 22.6 Å². The van der Waals surface area contributed by atoms with Crippen molar-refractivity contribution in [3.63, 3.8) is 0 Å². The zero-order valence-electron chi connectivity index (χ0n) is 9.00. The van der Waals surface area contributed by atoms with E-state index < -0.39 is 0 Å². The molecule has 3 rings (SSSR count). The SMILES string of the molecule is Clc1ccc2occ(CNC3CCC3)c2c1. The third-order valence-electron chi connectivity index (χ3n) is 3.30. The van der Waals surface area contributed by atoms with Crippen molar-refractivity contribution in [2.24, 2.45) is 0 Å². The minimum absolute atomic E-state index is 0.698. The zero-order valence-corrected chi connectivity index (χ0v) is 9.76. The molecule has 1 aromatic heterocycles. The summed E-state index contributed by atoms with van der Waals surface area (Å²) in [6.07, 6.45) is 5.79. The van der Waals surface area contributed by atoms with E-state index in [0.717, 1.165) is 22.5 Å². The molecular formula is C13H14ClNO. The van der Waals surface area contributed by atoms with Gasteiger partial charge in [-0.25, -0.2) is 0 Å². The Morgan fingerprint density at radius 2 is 2.25 bits per heavy atom. The average Bonchev–Trinajstić information content (AvgIpc) is 2.59. The molecule has 2 nitrogen and oxygen atoms in total. The lowest BCUT2D eigenvalue weighted by atomic mass is 9.93. The molecule has 0 spiro atoms. The Morgan fingerprint density at radius 3 is 3.00 bits per heavy atom. The molecule has 1 heterocycles. The molecule has 1 saturated carbocycles. The van der Waals surface area contributed by atoms with Crippen LogP contribution in [0, 0.1) is 0 Å². The fourth-order valence-corrected chi connectivity index (χ4v) is 2.23. The molecule has 0 amide bonds. The lowest BCUT2D eigenvalue weighted by molar-refractivity contribution is 0.338. The normalized spacial score (nSPS) is 16.6. The predicted octanol–water partition coefficient (Wildman–Crippen LogP) is 3.73. The number of halogens is 1. The maximum atomic E-state index is 5.99. The Morgan fingerprint density at radius 1 is 1.38 bits per heavy atom. The molecule has 1 aliphatic rings. The van der Waals surface area contributed by atoms with Crippen molar-refractivity contribution in [2.45, 2.75) is 31.8 Å². The average molecular weight is 236 g/mol. The topological polar surface area (TPSA) is 25.2 Å². The third kappa shape index (κ3) is 1.83. The van der Waals surface area contributed by atoms with E-state index in [9.17, 15) is 0 Å². The largest absolute Gasteiger partial charge is 0.464 e. The van der Waals surface area contributed by atoms with Crippen LogP contribution in [0.5, 0.6) is 0 Å². The Hall–Kier alpha value is -0.990. The minimum atomic E-state index is 0.698. The van der Waals surface area contributed by atoms with Crippen molar-refractivity contribution in [3.05, 3.63) is 35.0 Å². The first-order chi connectivity index (χ1) is 7.83. The summed E-state index contributed by atoms with van der Waals surface area (Å²) in [7, 11) is 0. The maximum absolute atomic E-state index is 5.99. The maximum Gasteiger partial charge on any atom is 0.134 e. The molecule has 1 N–H and O–H groups in total. The highest BCUT2D eigenvalue weighted by molar-refractivity contribution is 6.31. The first kappa shape index (κ1) is 10.2. The summed E-state index contributed by atoms with van der Waals surface area (Å²) in [4.78, 5) is 0. The smallest absolute Gasteiger partial charge is 0.134 e. The Bertz CT molecular complexity index is 502. The van der Waals surface area contributed by atoms with Crippen molar-refractivity contribution in [1.29, 1.82) is 0 Å². The van der Waals surface area contributed by atoms with Gasteiger partial charge in [0.25, 0.3) is 0 Å². The van der Waals surface area contributed by atoms with Crippen LogP contribution in [0.25, 0.3) is 11.0 Å². The highest BCUT2D eigenvalue weighted by Crippen LogP contribution is 2.25. The molecule has 3 heteroatoms. The molecule has 1 aromatic carbocycles. The van der Waals surface area contributed by atoms with Gasteiger partial charge in [0.15, 0.2) is 0 Å². The first-order valence-electron chi connectivity index (χ1n) is 5.72. The van der Waals surface area contributed by atoms with Gasteiger partial charge in [-0.2, -0.15) is 0 Å². The van der Waals surface area contributed by atoms with Crippen LogP contribution in [0.1, 0.15) is 24.8 Å². The summed E-state index contributed by atoms with van der Waals surface area (Å²) < 4.78 is 5.49. The van der Waals surface area contributed by atoms with Gasteiger partial charge < -0.3 is 9.73 Å². The van der Waals surface area contributed by atoms with Crippen molar-refractivity contribution in [2.75, 3.05) is 0 Å². The Balaban J connectivity index is 1.82. The highest BCUT2D eigenvalue weighted by Gasteiger charge is 2.17. The first-order valence-corrected chi connectivity index (χ1v) is 6.10. The Kier molecular flexibility index (Phi) is 2.62. The summed E-state index contributed by atoms with van der Waals surface area (Å²) in [5, 5.41) is 5.42. The molecule has 0 unspecified atom stereocenters. The standard InChI is InChI=1S/C13H14ClNO/c14-10-4-5-13-12(6-10)9(8-16-13)7-15-11-2-1-3-11/h4-6,8,11,15H,1-3,7H2. The van der Waals surface area contributed by atoms with Crippen LogP contribution >= 0.6 is 11.6 Å². The number of hydrogen-bond acceptors (Lipinski definition) is 2. The van der Waals surface area contributed by atoms with Crippen LogP contribution < -0.4 is 5.32 Å². The molecule has 0 bridgehead atoms. The zero-order chi connectivity index (χ0) is 11.0. The summed E-state index contributed by atoms with van der Waals surface area (Å²) >= 11 is 5.99. The molecular weight excluding hydrogens is 222 g/mol. The van der Waals surface area contributed by atoms with E-state index in [1.807, 2.05) is 24.5 Å². The fourth-order valence-electron chi connectivity index (χ4n) is 2.06. The van der Waals surface area contributed by atoms with Crippen LogP contribution in [-0.4, -0.2) is 6.04 Å². The number of benzene rings is 1. The van der Waals surface area contributed by atoms with E-state index in [2.05, 4.69) is 5.32 Å². The van der Waals surface area contributed by atoms with Gasteiger partial charge in [0.2, 0.25) is 0 Å². The summed E-state index contributed by atoms with van der Waals surface area (Å²) in [5.74, 6) is 0. The van der Waals surface area contributed by atoms with Crippen LogP contribution in [-0.2, 0) is 6.54 Å². The second-order valence-electron chi connectivity index (χ2n) is 4.41. The molecule has 0 saturated heterocycles. The third-order valence-corrected chi connectivity index (χ3v) is 3.54. The van der Waals surface area contributed by atoms with E-state index in [-0.39, 0.29) is 0 Å². The fraction of sp³-hybridized carbons (Fsp3) is 0.385. The lowest BCUT2D eigenvalue weighted by Crippen LogP contribution is -2.34. The van der Waals surface area contributed by atoms with E-state index in [1.165, 1.54) is 24.8 Å². The van der Waals surface area contributed by atoms with Crippen molar-refractivity contribution in [3.8, 4) is 0 Å². The number of hydrogen-bond donors (Lipinski definition) is 1. The second-order valence-corrected chi connectivity index (χ2v) is 4.85. The van der Waals surface area contributed by atoms with E-state index in [1.54, 1.807) is 0 Å². The van der Waals surface area contributed by atoms with Crippen molar-refractivity contribution < 1.29 is 4.42 Å². The molecule has 1 aliphatic carbocycles. The lowest BCUT2D eigenvalue weighted by Gasteiger charge is -2.26. The number of rotatable bonds is 3. The van der Waals surface area contributed by atoms with Gasteiger partial charge in [0.05, 0.1) is 6.26 Å². The number of fused-ring (bicyclic) bond motifs is 1. The van der Waals surface area contributed by atoms with Gasteiger partial charge in [-0.15, -0.1) is 0 Å². The van der Waals surface area contributed by atoms with Gasteiger partial charge >= 0.3 is 0 Å². The monoisotopic (exact) mass is 235 g/mol. The summed E-state index contributed by atoms with van der Waals surface area (Å²) in [6, 6.07) is 6.45. The van der Waals surface area contributed by atoms with Gasteiger partial charge in [0, 0.05) is 28.6 Å². The molecule has 1 fully saturated rings. The van der Waals surface area contributed by atoms with Crippen LogP contribution in [0.3, 0.4) is 0 Å². The van der Waals surface area contributed by atoms with Crippen LogP contribution in [0.4, 0.5) is 0 Å². The molecule has 16 heavy (non-hydrogen) atoms. The molecule has 0 aliphatic heterocycles. The minimum Gasteiger partial charge on any atom is -0.464 e. The summed E-state index contributed by atoms with van der Waals surface area (Å²) in [5.41, 5.74) is 2.11. The molecule has 0 atom stereocenters. The molecule has 0 radical (unpaired) electrons. The van der Waals surface area contributed by atoms with Gasteiger partial charge in [-0.1, -0.05) is 18.0 Å². The van der Waals surface area contributed by atoms with Crippen LogP contribution in [0.2, 0.25) is 5.02 Å². The second kappa shape index (κ2) is 4.11. The molecule has 84 valence electrons. The van der Waals surface area contributed by atoms with E-state index >= 15 is 0 Å². The quantitative estimate of drug-likeness (QED) is 0.877.